The van der Waals surface area contributed by atoms with E-state index in [1.165, 1.54) is 29.2 Å². The van der Waals surface area contributed by atoms with E-state index in [0.717, 1.165) is 41.1 Å². The van der Waals surface area contributed by atoms with Crippen LogP contribution in [0.15, 0.2) is 95.9 Å². The lowest BCUT2D eigenvalue weighted by Crippen LogP contribution is -2.54. The zero-order valence-corrected chi connectivity index (χ0v) is 30.1. The van der Waals surface area contributed by atoms with Crippen molar-refractivity contribution < 1.29 is 18.0 Å². The molecule has 0 unspecified atom stereocenters. The molecule has 4 aromatic carbocycles. The minimum Gasteiger partial charge on any atom is -0.352 e. The lowest BCUT2D eigenvalue weighted by molar-refractivity contribution is -0.140. The van der Waals surface area contributed by atoms with Crippen LogP contribution >= 0.6 is 46.4 Å². The summed E-state index contributed by atoms with van der Waals surface area (Å²) in [5.41, 5.74) is 2.33. The Labute approximate surface area is 301 Å². The number of benzene rings is 4. The van der Waals surface area contributed by atoms with Gasteiger partial charge in [-0.1, -0.05) is 119 Å². The zero-order valence-electron chi connectivity index (χ0n) is 26.2. The Balaban J connectivity index is 1.60. The van der Waals surface area contributed by atoms with Gasteiger partial charge in [-0.05, 0) is 67.3 Å². The quantitative estimate of drug-likeness (QED) is 0.158. The van der Waals surface area contributed by atoms with Crippen LogP contribution in [0.25, 0.3) is 0 Å². The molecule has 1 aliphatic rings. The first-order valence-electron chi connectivity index (χ1n) is 15.5. The number of aryl methyl sites for hydroxylation is 1. The van der Waals surface area contributed by atoms with Gasteiger partial charge in [0.05, 0.1) is 30.7 Å². The van der Waals surface area contributed by atoms with Gasteiger partial charge in [-0.3, -0.25) is 13.9 Å². The van der Waals surface area contributed by atoms with Gasteiger partial charge in [0.2, 0.25) is 11.8 Å². The van der Waals surface area contributed by atoms with Crippen molar-refractivity contribution in [1.82, 2.24) is 10.2 Å². The summed E-state index contributed by atoms with van der Waals surface area (Å²) in [5, 5.41) is 3.87. The van der Waals surface area contributed by atoms with Crippen LogP contribution < -0.4 is 9.62 Å². The summed E-state index contributed by atoms with van der Waals surface area (Å²) >= 11 is 25.5. The molecule has 0 aliphatic heterocycles. The van der Waals surface area contributed by atoms with Gasteiger partial charge in [-0.2, -0.15) is 0 Å². The first-order chi connectivity index (χ1) is 22.9. The first kappa shape index (κ1) is 36.0. The number of rotatable bonds is 12. The summed E-state index contributed by atoms with van der Waals surface area (Å²) < 4.78 is 29.5. The number of anilines is 1. The number of nitrogens with one attached hydrogen (secondary N) is 1. The normalized spacial score (nSPS) is 14.0. The molecule has 12 heteroatoms. The molecule has 2 amide bonds. The van der Waals surface area contributed by atoms with Crippen molar-refractivity contribution in [3.8, 4) is 0 Å². The van der Waals surface area contributed by atoms with E-state index in [4.69, 9.17) is 46.4 Å². The number of hydrogen-bond donors (Lipinski definition) is 1. The number of nitrogens with zero attached hydrogens (tertiary/aromatic N) is 2. The van der Waals surface area contributed by atoms with Crippen LogP contribution in [0.1, 0.15) is 42.4 Å². The smallest absolute Gasteiger partial charge is 0.264 e. The topological polar surface area (TPSA) is 86.8 Å². The van der Waals surface area contributed by atoms with E-state index < -0.39 is 28.5 Å². The van der Waals surface area contributed by atoms with Crippen LogP contribution in [0.4, 0.5) is 5.69 Å². The van der Waals surface area contributed by atoms with Crippen molar-refractivity contribution in [2.75, 3.05) is 10.8 Å². The van der Waals surface area contributed by atoms with Crippen LogP contribution in [0, 0.1) is 6.92 Å². The van der Waals surface area contributed by atoms with Gasteiger partial charge in [-0.25, -0.2) is 8.42 Å². The molecule has 5 rings (SSSR count). The Morgan fingerprint density at radius 2 is 1.50 bits per heavy atom. The highest BCUT2D eigenvalue weighted by atomic mass is 35.5. The maximum Gasteiger partial charge on any atom is 0.264 e. The van der Waals surface area contributed by atoms with Gasteiger partial charge in [-0.15, -0.1) is 0 Å². The van der Waals surface area contributed by atoms with Crippen molar-refractivity contribution in [2.24, 2.45) is 0 Å². The molecule has 1 saturated carbocycles. The van der Waals surface area contributed by atoms with Crippen molar-refractivity contribution in [3.63, 3.8) is 0 Å². The third-order valence-corrected chi connectivity index (χ3v) is 11.7. The fraction of sp³-hybridized carbons (Fsp3) is 0.278. The zero-order chi connectivity index (χ0) is 34.4. The predicted octanol–water partition coefficient (Wildman–Crippen LogP) is 8.50. The Morgan fingerprint density at radius 3 is 2.17 bits per heavy atom. The van der Waals surface area contributed by atoms with Crippen molar-refractivity contribution >= 4 is 73.9 Å². The number of sulfonamides is 1. The summed E-state index contributed by atoms with van der Waals surface area (Å²) in [6, 6.07) is 24.2. The van der Waals surface area contributed by atoms with Crippen LogP contribution in [0.2, 0.25) is 20.1 Å². The highest BCUT2D eigenvalue weighted by Crippen LogP contribution is 2.36. The number of hydrogen-bond acceptors (Lipinski definition) is 4. The van der Waals surface area contributed by atoms with Gasteiger partial charge < -0.3 is 10.2 Å². The Kier molecular flexibility index (Phi) is 12.0. The number of carbonyl (C=O) groups excluding carboxylic acids is 2. The molecule has 0 saturated heterocycles. The maximum absolute atomic E-state index is 14.7. The van der Waals surface area contributed by atoms with Crippen molar-refractivity contribution in [3.05, 3.63) is 128 Å². The standard InChI is InChI=1S/C36H35Cl4N3O4S/c1-24-14-17-28(18-15-24)48(46,47)43(32-13-7-12-30(38)35(32)40)23-34(44)42(22-26-16-19-29(37)31(39)20-26)33(21-25-8-3-2-4-9-25)36(45)41-27-10-5-6-11-27/h2-4,7-9,12-20,27,33H,5-6,10-11,21-23H2,1H3,(H,41,45)/t33-/m0/s1. The third kappa shape index (κ3) is 8.65. The fourth-order valence-electron chi connectivity index (χ4n) is 5.79. The Morgan fingerprint density at radius 1 is 0.812 bits per heavy atom. The van der Waals surface area contributed by atoms with E-state index in [2.05, 4.69) is 5.32 Å². The second kappa shape index (κ2) is 16.0. The van der Waals surface area contributed by atoms with E-state index in [9.17, 15) is 18.0 Å². The summed E-state index contributed by atoms with van der Waals surface area (Å²) in [4.78, 5) is 30.2. The SMILES string of the molecule is Cc1ccc(S(=O)(=O)N(CC(=O)N(Cc2ccc(Cl)c(Cl)c2)[C@@H](Cc2ccccc2)C(=O)NC2CCCC2)c2cccc(Cl)c2Cl)cc1. The van der Waals surface area contributed by atoms with E-state index >= 15 is 0 Å². The molecule has 0 heterocycles. The third-order valence-electron chi connectivity index (χ3n) is 8.40. The molecule has 1 aliphatic carbocycles. The molecule has 1 fully saturated rings. The second-order valence-corrected chi connectivity index (χ2v) is 15.3. The fourth-order valence-corrected chi connectivity index (χ4v) is 7.99. The molecule has 7 nitrogen and oxygen atoms in total. The van der Waals surface area contributed by atoms with Gasteiger partial charge in [0.1, 0.15) is 12.6 Å². The summed E-state index contributed by atoms with van der Waals surface area (Å²) in [6.45, 7) is 1.13. The average Bonchev–Trinajstić information content (AvgIpc) is 3.58. The van der Waals surface area contributed by atoms with Crippen LogP contribution in [0.5, 0.6) is 0 Å². The molecule has 252 valence electrons. The molecule has 0 bridgehead atoms. The summed E-state index contributed by atoms with van der Waals surface area (Å²) in [6.07, 6.45) is 3.90. The van der Waals surface area contributed by atoms with Gasteiger partial charge >= 0.3 is 0 Å². The highest BCUT2D eigenvalue weighted by Gasteiger charge is 2.36. The molecule has 48 heavy (non-hydrogen) atoms. The molecule has 0 radical (unpaired) electrons. The summed E-state index contributed by atoms with van der Waals surface area (Å²) in [5.74, 6) is -0.955. The maximum atomic E-state index is 14.7. The van der Waals surface area contributed by atoms with E-state index in [1.54, 1.807) is 36.4 Å². The largest absolute Gasteiger partial charge is 0.352 e. The van der Waals surface area contributed by atoms with Crippen LogP contribution in [-0.4, -0.2) is 43.8 Å². The van der Waals surface area contributed by atoms with Crippen LogP contribution in [0.3, 0.4) is 0 Å². The Hall–Kier alpha value is -3.27. The van der Waals surface area contributed by atoms with E-state index in [-0.39, 0.29) is 50.6 Å². The Bertz CT molecular complexity index is 1870. The molecule has 1 N–H and O–H groups in total. The number of amides is 2. The molecular formula is C36H35Cl4N3O4S. The minimum atomic E-state index is -4.34. The molecule has 0 spiro atoms. The second-order valence-electron chi connectivity index (χ2n) is 11.9. The predicted molar refractivity (Wildman–Crippen MR) is 194 cm³/mol. The molecule has 1 atom stereocenters. The van der Waals surface area contributed by atoms with E-state index in [0.29, 0.717) is 10.6 Å². The lowest BCUT2D eigenvalue weighted by atomic mass is 10.0. The van der Waals surface area contributed by atoms with Crippen molar-refractivity contribution in [2.45, 2.75) is 62.6 Å². The lowest BCUT2D eigenvalue weighted by Gasteiger charge is -2.34. The minimum absolute atomic E-state index is 0.0126. The molecular weight excluding hydrogens is 712 g/mol. The first-order valence-corrected chi connectivity index (χ1v) is 18.5. The summed E-state index contributed by atoms with van der Waals surface area (Å²) in [7, 11) is -4.34. The van der Waals surface area contributed by atoms with Gasteiger partial charge in [0, 0.05) is 19.0 Å². The van der Waals surface area contributed by atoms with Gasteiger partial charge in [0.15, 0.2) is 0 Å². The average molecular weight is 748 g/mol. The number of carbonyl (C=O) groups is 2. The van der Waals surface area contributed by atoms with Gasteiger partial charge in [0.25, 0.3) is 10.0 Å². The molecule has 4 aromatic rings. The highest BCUT2D eigenvalue weighted by molar-refractivity contribution is 7.92. The molecule has 0 aromatic heterocycles. The number of halogens is 4. The van der Waals surface area contributed by atoms with Crippen LogP contribution in [-0.2, 0) is 32.6 Å². The monoisotopic (exact) mass is 745 g/mol. The van der Waals surface area contributed by atoms with Crippen molar-refractivity contribution in [1.29, 1.82) is 0 Å². The van der Waals surface area contributed by atoms with E-state index in [1.807, 2.05) is 37.3 Å².